The second-order valence-electron chi connectivity index (χ2n) is 4.94. The molecule has 0 atom stereocenters. The van der Waals surface area contributed by atoms with E-state index in [9.17, 15) is 9.59 Å². The summed E-state index contributed by atoms with van der Waals surface area (Å²) in [5, 5.41) is 2.42. The Morgan fingerprint density at radius 2 is 2.04 bits per heavy atom. The van der Waals surface area contributed by atoms with E-state index in [-0.39, 0.29) is 11.3 Å². The van der Waals surface area contributed by atoms with Crippen molar-refractivity contribution in [2.45, 2.75) is 0 Å². The molecule has 24 heavy (non-hydrogen) atoms. The zero-order valence-electron chi connectivity index (χ0n) is 12.6. The van der Waals surface area contributed by atoms with E-state index in [0.29, 0.717) is 17.9 Å². The van der Waals surface area contributed by atoms with E-state index in [0.717, 1.165) is 18.2 Å². The second kappa shape index (κ2) is 7.51. The number of rotatable bonds is 3. The smallest absolute Gasteiger partial charge is 0.289 e. The molecule has 0 aliphatic carbocycles. The number of anilines is 1. The number of hydrogen-bond donors (Lipinski definition) is 3. The summed E-state index contributed by atoms with van der Waals surface area (Å²) >= 11 is 6.40. The first-order valence-electron chi connectivity index (χ1n) is 7.22. The van der Waals surface area contributed by atoms with Crippen molar-refractivity contribution in [3.05, 3.63) is 39.6 Å². The molecule has 126 valence electrons. The van der Waals surface area contributed by atoms with Gasteiger partial charge in [-0.25, -0.2) is 4.98 Å². The van der Waals surface area contributed by atoms with Gasteiger partial charge in [0.1, 0.15) is 10.3 Å². The average molecular weight is 365 g/mol. The van der Waals surface area contributed by atoms with E-state index in [1.165, 1.54) is 11.3 Å². The van der Waals surface area contributed by atoms with E-state index in [2.05, 4.69) is 25.7 Å². The molecule has 8 nitrogen and oxygen atoms in total. The van der Waals surface area contributed by atoms with Crippen molar-refractivity contribution in [3.63, 3.8) is 0 Å². The molecule has 1 fully saturated rings. The third kappa shape index (κ3) is 3.78. The summed E-state index contributed by atoms with van der Waals surface area (Å²) in [5.74, 6) is -0.973. The van der Waals surface area contributed by atoms with Crippen LogP contribution in [0.2, 0.25) is 0 Å². The third-order valence-electron chi connectivity index (χ3n) is 3.36. The minimum absolute atomic E-state index is 0.250. The number of nitrogens with zero attached hydrogens (tertiary/aromatic N) is 2. The molecule has 2 amide bonds. The molecule has 0 saturated carbocycles. The molecule has 3 heterocycles. The number of hydrogen-bond acceptors (Lipinski definition) is 7. The van der Waals surface area contributed by atoms with E-state index in [4.69, 9.17) is 17.0 Å². The minimum Gasteiger partial charge on any atom is -0.378 e. The maximum Gasteiger partial charge on any atom is 0.289 e. The van der Waals surface area contributed by atoms with Crippen LogP contribution in [0.25, 0.3) is 0 Å². The first-order valence-corrected chi connectivity index (χ1v) is 8.50. The third-order valence-corrected chi connectivity index (χ3v) is 4.60. The van der Waals surface area contributed by atoms with Gasteiger partial charge in [-0.3, -0.25) is 20.4 Å². The lowest BCUT2D eigenvalue weighted by Gasteiger charge is -2.25. The van der Waals surface area contributed by atoms with E-state index in [1.807, 2.05) is 0 Å². The number of carbonyl (C=O) groups excluding carboxylic acids is 2. The van der Waals surface area contributed by atoms with Crippen LogP contribution in [0.3, 0.4) is 0 Å². The fourth-order valence-corrected chi connectivity index (χ4v) is 3.20. The maximum atomic E-state index is 12.1. The van der Waals surface area contributed by atoms with Crippen LogP contribution in [-0.2, 0) is 4.74 Å². The van der Waals surface area contributed by atoms with Gasteiger partial charge in [0.2, 0.25) is 0 Å². The van der Waals surface area contributed by atoms with Crippen LogP contribution >= 0.6 is 23.6 Å². The lowest BCUT2D eigenvalue weighted by Crippen LogP contribution is -2.42. The molecule has 0 bridgehead atoms. The molecule has 0 aromatic carbocycles. The fraction of sp³-hybridized carbons (Fsp3) is 0.286. The van der Waals surface area contributed by atoms with Crippen molar-refractivity contribution < 1.29 is 14.3 Å². The van der Waals surface area contributed by atoms with Crippen LogP contribution in [0.15, 0.2) is 23.7 Å². The van der Waals surface area contributed by atoms with Crippen LogP contribution in [0.1, 0.15) is 20.8 Å². The van der Waals surface area contributed by atoms with Gasteiger partial charge in [0, 0.05) is 24.7 Å². The fourth-order valence-electron chi connectivity index (χ4n) is 2.11. The Kier molecular flexibility index (Phi) is 5.18. The molecule has 1 aliphatic rings. The summed E-state index contributed by atoms with van der Waals surface area (Å²) in [6, 6.07) is 3.22. The van der Waals surface area contributed by atoms with Crippen molar-refractivity contribution in [1.29, 1.82) is 0 Å². The minimum atomic E-state index is -0.492. The summed E-state index contributed by atoms with van der Waals surface area (Å²) in [4.78, 5) is 33.2. The van der Waals surface area contributed by atoms with Crippen molar-refractivity contribution in [2.24, 2.45) is 0 Å². The van der Waals surface area contributed by atoms with Crippen LogP contribution in [0, 0.1) is 4.64 Å². The Labute approximate surface area is 146 Å². The van der Waals surface area contributed by atoms with Gasteiger partial charge in [-0.15, -0.1) is 11.3 Å². The summed E-state index contributed by atoms with van der Waals surface area (Å²) in [5.41, 5.74) is 5.20. The van der Waals surface area contributed by atoms with Gasteiger partial charge in [0.15, 0.2) is 5.13 Å². The monoisotopic (exact) mass is 365 g/mol. The van der Waals surface area contributed by atoms with Gasteiger partial charge in [-0.1, -0.05) is 12.2 Å². The SMILES string of the molecule is O=C(NNC(=O)c1ccc[nH]c1=S)c1csc(N2CCOCC2)n1. The molecule has 2 aromatic heterocycles. The number of amides is 2. The number of morpholine rings is 1. The molecule has 0 radical (unpaired) electrons. The number of nitrogens with one attached hydrogen (secondary N) is 3. The van der Waals surface area contributed by atoms with Crippen LogP contribution in [-0.4, -0.2) is 48.1 Å². The van der Waals surface area contributed by atoms with Gasteiger partial charge in [0.05, 0.1) is 18.8 Å². The highest BCUT2D eigenvalue weighted by atomic mass is 32.1. The largest absolute Gasteiger partial charge is 0.378 e. The second-order valence-corrected chi connectivity index (χ2v) is 6.18. The summed E-state index contributed by atoms with van der Waals surface area (Å²) < 4.78 is 5.59. The van der Waals surface area contributed by atoms with E-state index >= 15 is 0 Å². The van der Waals surface area contributed by atoms with Crippen LogP contribution < -0.4 is 15.8 Å². The van der Waals surface area contributed by atoms with Crippen LogP contribution in [0.4, 0.5) is 5.13 Å². The zero-order valence-corrected chi connectivity index (χ0v) is 14.2. The van der Waals surface area contributed by atoms with Gasteiger partial charge >= 0.3 is 0 Å². The van der Waals surface area contributed by atoms with Gasteiger partial charge in [0.25, 0.3) is 11.8 Å². The topological polar surface area (TPSA) is 99.4 Å². The average Bonchev–Trinajstić information content (AvgIpc) is 3.11. The molecule has 1 aliphatic heterocycles. The molecular weight excluding hydrogens is 350 g/mol. The van der Waals surface area contributed by atoms with Crippen molar-refractivity contribution >= 4 is 40.5 Å². The molecule has 3 rings (SSSR count). The Hall–Kier alpha value is -2.30. The zero-order chi connectivity index (χ0) is 16.9. The number of carbonyl (C=O) groups is 2. The molecule has 0 spiro atoms. The Morgan fingerprint density at radius 3 is 2.79 bits per heavy atom. The summed E-state index contributed by atoms with van der Waals surface area (Å²) in [7, 11) is 0. The van der Waals surface area contributed by atoms with Gasteiger partial charge in [-0.05, 0) is 12.1 Å². The predicted octanol–water partition coefficient (Wildman–Crippen LogP) is 1.11. The maximum absolute atomic E-state index is 12.1. The highest BCUT2D eigenvalue weighted by Crippen LogP contribution is 2.21. The Bertz CT molecular complexity index is 797. The van der Waals surface area contributed by atoms with Gasteiger partial charge in [-0.2, -0.15) is 0 Å². The summed E-state index contributed by atoms with van der Waals surface area (Å²) in [6.45, 7) is 2.79. The van der Waals surface area contributed by atoms with E-state index in [1.54, 1.807) is 23.7 Å². The van der Waals surface area contributed by atoms with Crippen molar-refractivity contribution in [1.82, 2.24) is 20.8 Å². The first kappa shape index (κ1) is 16.6. The normalized spacial score (nSPS) is 14.2. The lowest BCUT2D eigenvalue weighted by atomic mass is 10.3. The number of aromatic amines is 1. The molecule has 3 N–H and O–H groups in total. The molecule has 2 aromatic rings. The highest BCUT2D eigenvalue weighted by molar-refractivity contribution is 7.71. The number of pyridine rings is 1. The first-order chi connectivity index (χ1) is 11.6. The van der Waals surface area contributed by atoms with Crippen molar-refractivity contribution in [3.8, 4) is 0 Å². The van der Waals surface area contributed by atoms with Crippen molar-refractivity contribution in [2.75, 3.05) is 31.2 Å². The lowest BCUT2D eigenvalue weighted by molar-refractivity contribution is 0.0844. The Morgan fingerprint density at radius 1 is 1.29 bits per heavy atom. The number of aromatic nitrogens is 2. The standard InChI is InChI=1S/C14H15N5O3S2/c20-11(9-2-1-3-15-13(9)23)17-18-12(21)10-8-24-14(16-10)19-4-6-22-7-5-19/h1-3,8H,4-7H2,(H,15,23)(H,17,20)(H,18,21). The molecule has 0 unspecified atom stereocenters. The molecule has 1 saturated heterocycles. The van der Waals surface area contributed by atoms with E-state index < -0.39 is 11.8 Å². The number of hydrazine groups is 1. The Balaban J connectivity index is 1.59. The molecule has 10 heteroatoms. The van der Waals surface area contributed by atoms with Crippen LogP contribution in [0.5, 0.6) is 0 Å². The number of thiazole rings is 1. The number of H-pyrrole nitrogens is 1. The molecular formula is C14H15N5O3S2. The quantitative estimate of drug-likeness (QED) is 0.557. The predicted molar refractivity (Wildman–Crippen MR) is 91.7 cm³/mol. The summed E-state index contributed by atoms with van der Waals surface area (Å²) in [6.07, 6.45) is 1.63. The number of ether oxygens (including phenoxy) is 1. The highest BCUT2D eigenvalue weighted by Gasteiger charge is 2.18. The van der Waals surface area contributed by atoms with Gasteiger partial charge < -0.3 is 14.6 Å².